The van der Waals surface area contributed by atoms with Crippen molar-refractivity contribution in [3.63, 3.8) is 0 Å². The topological polar surface area (TPSA) is 127 Å². The van der Waals surface area contributed by atoms with Crippen LogP contribution in [-0.4, -0.2) is 60.4 Å². The highest BCUT2D eigenvalue weighted by molar-refractivity contribution is 7.89. The molecule has 11 heteroatoms. The smallest absolute Gasteiger partial charge is 0.251 e. The van der Waals surface area contributed by atoms with Crippen molar-refractivity contribution in [2.75, 3.05) is 38.8 Å². The van der Waals surface area contributed by atoms with Crippen LogP contribution in [-0.2, 0) is 16.6 Å². The van der Waals surface area contributed by atoms with Gasteiger partial charge in [-0.3, -0.25) is 4.79 Å². The van der Waals surface area contributed by atoms with Gasteiger partial charge in [0.15, 0.2) is 5.82 Å². The summed E-state index contributed by atoms with van der Waals surface area (Å²) >= 11 is 0. The van der Waals surface area contributed by atoms with Crippen molar-refractivity contribution >= 4 is 21.9 Å². The van der Waals surface area contributed by atoms with Crippen molar-refractivity contribution < 1.29 is 8.42 Å². The first-order valence-corrected chi connectivity index (χ1v) is 8.36. The summed E-state index contributed by atoms with van der Waals surface area (Å²) in [5, 5.41) is 0. The van der Waals surface area contributed by atoms with Crippen LogP contribution in [0.5, 0.6) is 0 Å². The van der Waals surface area contributed by atoms with E-state index in [1.54, 1.807) is 19.0 Å². The number of pyridine rings is 1. The highest BCUT2D eigenvalue weighted by Gasteiger charge is 2.18. The molecular weight excluding hydrogens is 334 g/mol. The van der Waals surface area contributed by atoms with E-state index in [2.05, 4.69) is 15.0 Å². The second-order valence-electron chi connectivity index (χ2n) is 5.42. The van der Waals surface area contributed by atoms with Crippen LogP contribution in [0.4, 0.5) is 11.9 Å². The van der Waals surface area contributed by atoms with E-state index in [0.29, 0.717) is 5.95 Å². The summed E-state index contributed by atoms with van der Waals surface area (Å²) in [5.74, 6) is 0.629. The van der Waals surface area contributed by atoms with Gasteiger partial charge in [0.25, 0.3) is 5.56 Å². The fourth-order valence-corrected chi connectivity index (χ4v) is 2.77. The Morgan fingerprint density at radius 3 is 2.38 bits per heavy atom. The molecule has 0 amide bonds. The highest BCUT2D eigenvalue weighted by atomic mass is 32.2. The Hall–Kier alpha value is -2.53. The lowest BCUT2D eigenvalue weighted by molar-refractivity contribution is 0.518. The molecule has 130 valence electrons. The molecule has 0 aliphatic rings. The number of nitrogens with zero attached hydrogens (tertiary/aromatic N) is 6. The molecule has 0 unspecified atom stereocenters. The van der Waals surface area contributed by atoms with Gasteiger partial charge in [-0.05, 0) is 6.07 Å². The monoisotopic (exact) mass is 353 g/mol. The summed E-state index contributed by atoms with van der Waals surface area (Å²) in [7, 11) is 2.67. The predicted octanol–water partition coefficient (Wildman–Crippen LogP) is -1.02. The minimum Gasteiger partial charge on any atom is -0.368 e. The van der Waals surface area contributed by atoms with Crippen LogP contribution in [0.3, 0.4) is 0 Å². The molecule has 0 aliphatic carbocycles. The normalized spacial score (nSPS) is 11.7. The molecule has 0 aromatic carbocycles. The molecule has 0 fully saturated rings. The molecule has 2 heterocycles. The number of nitrogens with two attached hydrogens (primary N) is 1. The lowest BCUT2D eigenvalue weighted by Crippen LogP contribution is -2.27. The molecule has 0 saturated heterocycles. The Kier molecular flexibility index (Phi) is 4.85. The SMILES string of the molecule is CN(C)c1nc(N)nc(Cn2cc(S(=O)(=O)N(C)C)ccc2=O)n1. The first-order valence-electron chi connectivity index (χ1n) is 6.92. The van der Waals surface area contributed by atoms with E-state index >= 15 is 0 Å². The van der Waals surface area contributed by atoms with E-state index < -0.39 is 10.0 Å². The molecule has 2 N–H and O–H groups in total. The Labute approximate surface area is 139 Å². The molecule has 0 bridgehead atoms. The molecule has 24 heavy (non-hydrogen) atoms. The van der Waals surface area contributed by atoms with Crippen molar-refractivity contribution in [2.45, 2.75) is 11.4 Å². The molecular formula is C13H19N7O3S. The second-order valence-corrected chi connectivity index (χ2v) is 7.57. The van der Waals surface area contributed by atoms with Gasteiger partial charge in [0, 0.05) is 40.5 Å². The van der Waals surface area contributed by atoms with Gasteiger partial charge in [-0.15, -0.1) is 0 Å². The van der Waals surface area contributed by atoms with E-state index in [1.807, 2.05) is 0 Å². The Bertz CT molecular complexity index is 906. The lowest BCUT2D eigenvalue weighted by Gasteiger charge is -2.14. The molecule has 2 aromatic rings. The van der Waals surface area contributed by atoms with Gasteiger partial charge in [0.05, 0.1) is 11.4 Å². The average Bonchev–Trinajstić information content (AvgIpc) is 2.48. The van der Waals surface area contributed by atoms with Crippen LogP contribution in [0.2, 0.25) is 0 Å². The van der Waals surface area contributed by atoms with E-state index in [-0.39, 0.29) is 28.8 Å². The summed E-state index contributed by atoms with van der Waals surface area (Å²) in [6, 6.07) is 2.45. The molecule has 2 rings (SSSR count). The van der Waals surface area contributed by atoms with Gasteiger partial charge in [0.2, 0.25) is 21.9 Å². The summed E-state index contributed by atoms with van der Waals surface area (Å²) in [4.78, 5) is 25.8. The number of rotatable bonds is 5. The third-order valence-electron chi connectivity index (χ3n) is 3.13. The highest BCUT2D eigenvalue weighted by Crippen LogP contribution is 2.12. The first kappa shape index (κ1) is 17.8. The zero-order valence-corrected chi connectivity index (χ0v) is 14.6. The molecule has 0 radical (unpaired) electrons. The maximum absolute atomic E-state index is 12.2. The van der Waals surface area contributed by atoms with E-state index in [4.69, 9.17) is 5.73 Å². The number of hydrogen-bond donors (Lipinski definition) is 1. The summed E-state index contributed by atoms with van der Waals surface area (Å²) in [6.07, 6.45) is 1.26. The molecule has 10 nitrogen and oxygen atoms in total. The molecule has 0 saturated carbocycles. The first-order chi connectivity index (χ1) is 11.1. The predicted molar refractivity (Wildman–Crippen MR) is 89.2 cm³/mol. The summed E-state index contributed by atoms with van der Waals surface area (Å²) in [6.45, 7) is -0.0246. The van der Waals surface area contributed by atoms with Crippen LogP contribution in [0.1, 0.15) is 5.82 Å². The third-order valence-corrected chi connectivity index (χ3v) is 4.93. The van der Waals surface area contributed by atoms with Crippen LogP contribution in [0.15, 0.2) is 28.0 Å². The maximum atomic E-state index is 12.2. The number of sulfonamides is 1. The Morgan fingerprint density at radius 2 is 1.79 bits per heavy atom. The van der Waals surface area contributed by atoms with Gasteiger partial charge in [-0.1, -0.05) is 0 Å². The largest absolute Gasteiger partial charge is 0.368 e. The van der Waals surface area contributed by atoms with E-state index in [1.165, 1.54) is 37.0 Å². The Balaban J connectivity index is 2.46. The molecule has 0 atom stereocenters. The van der Waals surface area contributed by atoms with Crippen LogP contribution < -0.4 is 16.2 Å². The Morgan fingerprint density at radius 1 is 1.12 bits per heavy atom. The van der Waals surface area contributed by atoms with Crippen molar-refractivity contribution in [1.29, 1.82) is 0 Å². The number of anilines is 2. The standard InChI is InChI=1S/C13H19N7O3S/c1-18(2)13-16-10(15-12(14)17-13)8-20-7-9(5-6-11(20)21)24(22,23)19(3)4/h5-7H,8H2,1-4H3,(H2,14,15,16,17). The van der Waals surface area contributed by atoms with Crippen molar-refractivity contribution in [3.05, 3.63) is 34.5 Å². The minimum absolute atomic E-state index is 0.00182. The third kappa shape index (κ3) is 3.68. The van der Waals surface area contributed by atoms with Gasteiger partial charge >= 0.3 is 0 Å². The van der Waals surface area contributed by atoms with Crippen LogP contribution >= 0.6 is 0 Å². The molecule has 0 spiro atoms. The zero-order chi connectivity index (χ0) is 18.1. The van der Waals surface area contributed by atoms with E-state index in [0.717, 1.165) is 4.31 Å². The summed E-state index contributed by atoms with van der Waals surface area (Å²) < 4.78 is 26.7. The fraction of sp³-hybridized carbons (Fsp3) is 0.385. The van der Waals surface area contributed by atoms with Gasteiger partial charge in [-0.2, -0.15) is 15.0 Å². The average molecular weight is 353 g/mol. The quantitative estimate of drug-likeness (QED) is 0.723. The summed E-state index contributed by atoms with van der Waals surface area (Å²) in [5.41, 5.74) is 5.27. The van der Waals surface area contributed by atoms with Gasteiger partial charge in [0.1, 0.15) is 0 Å². The second kappa shape index (κ2) is 6.53. The van der Waals surface area contributed by atoms with Crippen molar-refractivity contribution in [1.82, 2.24) is 23.8 Å². The zero-order valence-electron chi connectivity index (χ0n) is 13.8. The number of aromatic nitrogens is 4. The van der Waals surface area contributed by atoms with Crippen LogP contribution in [0.25, 0.3) is 0 Å². The van der Waals surface area contributed by atoms with Gasteiger partial charge < -0.3 is 15.2 Å². The molecule has 2 aromatic heterocycles. The van der Waals surface area contributed by atoms with Crippen molar-refractivity contribution in [3.8, 4) is 0 Å². The van der Waals surface area contributed by atoms with Crippen molar-refractivity contribution in [2.24, 2.45) is 0 Å². The maximum Gasteiger partial charge on any atom is 0.251 e. The number of hydrogen-bond acceptors (Lipinski definition) is 8. The van der Waals surface area contributed by atoms with E-state index in [9.17, 15) is 13.2 Å². The molecule has 0 aliphatic heterocycles. The minimum atomic E-state index is -3.65. The lowest BCUT2D eigenvalue weighted by atomic mass is 10.4. The fourth-order valence-electron chi connectivity index (χ4n) is 1.84. The van der Waals surface area contributed by atoms with Gasteiger partial charge in [-0.25, -0.2) is 12.7 Å². The van der Waals surface area contributed by atoms with Crippen LogP contribution in [0, 0.1) is 0 Å². The number of nitrogen functional groups attached to an aromatic ring is 1.